The Hall–Kier alpha value is -0.0200. The summed E-state index contributed by atoms with van der Waals surface area (Å²) in [5.41, 5.74) is 2.68. The second-order valence-corrected chi connectivity index (χ2v) is 6.52. The summed E-state index contributed by atoms with van der Waals surface area (Å²) in [6.07, 6.45) is 5.40. The van der Waals surface area contributed by atoms with E-state index in [0.717, 1.165) is 11.2 Å². The van der Waals surface area contributed by atoms with E-state index >= 15 is 0 Å². The highest BCUT2D eigenvalue weighted by atomic mass is 79.9. The maximum absolute atomic E-state index is 3.66. The molecule has 1 nitrogen and oxygen atoms in total. The van der Waals surface area contributed by atoms with E-state index in [0.29, 0.717) is 0 Å². The monoisotopic (exact) mass is 373 g/mol. The van der Waals surface area contributed by atoms with Gasteiger partial charge in [0.05, 0.1) is 0 Å². The van der Waals surface area contributed by atoms with Gasteiger partial charge < -0.3 is 4.90 Å². The van der Waals surface area contributed by atoms with Gasteiger partial charge >= 0.3 is 0 Å². The smallest absolute Gasteiger partial charge is 0.0377 e. The molecule has 2 rings (SSSR count). The van der Waals surface area contributed by atoms with Crippen LogP contribution >= 0.6 is 31.9 Å². The van der Waals surface area contributed by atoms with Gasteiger partial charge in [0.2, 0.25) is 0 Å². The van der Waals surface area contributed by atoms with E-state index in [4.69, 9.17) is 0 Å². The van der Waals surface area contributed by atoms with Crippen molar-refractivity contribution in [3.63, 3.8) is 0 Å². The molecule has 3 heteroatoms. The van der Waals surface area contributed by atoms with Gasteiger partial charge in [0, 0.05) is 28.6 Å². The quantitative estimate of drug-likeness (QED) is 0.643. The lowest BCUT2D eigenvalue weighted by molar-refractivity contribution is 0.459. The Balaban J connectivity index is 2.09. The number of alkyl halides is 1. The SMILES string of the molecule is CCC1CCCN(c2ccc(CBr)c(Br)c2)CC1. The molecule has 0 spiro atoms. The molecule has 1 aromatic rings. The number of halogens is 2. The zero-order valence-electron chi connectivity index (χ0n) is 11.0. The maximum atomic E-state index is 3.66. The molecule has 1 aromatic carbocycles. The van der Waals surface area contributed by atoms with E-state index in [1.807, 2.05) is 0 Å². The van der Waals surface area contributed by atoms with Gasteiger partial charge in [-0.2, -0.15) is 0 Å². The van der Waals surface area contributed by atoms with Gasteiger partial charge in [-0.1, -0.05) is 51.3 Å². The standard InChI is InChI=1S/C15H21Br2N/c1-2-12-4-3-8-18(9-7-12)14-6-5-13(11-16)15(17)10-14/h5-6,10,12H,2-4,7-9,11H2,1H3. The molecule has 18 heavy (non-hydrogen) atoms. The summed E-state index contributed by atoms with van der Waals surface area (Å²) in [5.74, 6) is 0.931. The van der Waals surface area contributed by atoms with Gasteiger partial charge in [-0.15, -0.1) is 0 Å². The van der Waals surface area contributed by atoms with E-state index in [9.17, 15) is 0 Å². The lowest BCUT2D eigenvalue weighted by atomic mass is 9.98. The Morgan fingerprint density at radius 3 is 2.78 bits per heavy atom. The second-order valence-electron chi connectivity index (χ2n) is 5.10. The van der Waals surface area contributed by atoms with Crippen LogP contribution in [0.4, 0.5) is 5.69 Å². The van der Waals surface area contributed by atoms with Crippen molar-refractivity contribution in [1.29, 1.82) is 0 Å². The lowest BCUT2D eigenvalue weighted by Crippen LogP contribution is -2.24. The Morgan fingerprint density at radius 2 is 2.11 bits per heavy atom. The van der Waals surface area contributed by atoms with Gasteiger partial charge in [0.1, 0.15) is 0 Å². The first-order valence-corrected chi connectivity index (χ1v) is 8.75. The average molecular weight is 375 g/mol. The van der Waals surface area contributed by atoms with Crippen LogP contribution in [-0.4, -0.2) is 13.1 Å². The van der Waals surface area contributed by atoms with Crippen molar-refractivity contribution >= 4 is 37.5 Å². The Bertz CT molecular complexity index is 392. The van der Waals surface area contributed by atoms with Crippen LogP contribution in [0, 0.1) is 5.92 Å². The molecule has 0 amide bonds. The Labute approximate surface area is 127 Å². The molecular formula is C15H21Br2N. The van der Waals surface area contributed by atoms with Crippen LogP contribution in [0.2, 0.25) is 0 Å². The molecule has 0 radical (unpaired) electrons. The number of nitrogens with zero attached hydrogens (tertiary/aromatic N) is 1. The fourth-order valence-electron chi connectivity index (χ4n) is 2.67. The predicted molar refractivity (Wildman–Crippen MR) is 86.6 cm³/mol. The third kappa shape index (κ3) is 3.51. The molecule has 0 bridgehead atoms. The zero-order valence-corrected chi connectivity index (χ0v) is 14.1. The van der Waals surface area contributed by atoms with Crippen LogP contribution in [0.25, 0.3) is 0 Å². The summed E-state index contributed by atoms with van der Waals surface area (Å²) in [7, 11) is 0. The fraction of sp³-hybridized carbons (Fsp3) is 0.600. The number of anilines is 1. The predicted octanol–water partition coefficient (Wildman–Crippen LogP) is 5.36. The van der Waals surface area contributed by atoms with Crippen LogP contribution < -0.4 is 4.90 Å². The number of rotatable bonds is 3. The van der Waals surface area contributed by atoms with Crippen molar-refractivity contribution in [3.05, 3.63) is 28.2 Å². The molecule has 0 saturated carbocycles. The third-order valence-electron chi connectivity index (χ3n) is 3.97. The van der Waals surface area contributed by atoms with E-state index in [2.05, 4.69) is 61.9 Å². The van der Waals surface area contributed by atoms with Gasteiger partial charge in [0.15, 0.2) is 0 Å². The van der Waals surface area contributed by atoms with Gasteiger partial charge in [-0.05, 0) is 42.9 Å². The van der Waals surface area contributed by atoms with Crippen LogP contribution in [0.1, 0.15) is 38.2 Å². The van der Waals surface area contributed by atoms with Crippen LogP contribution in [0.3, 0.4) is 0 Å². The molecule has 0 aromatic heterocycles. The minimum absolute atomic E-state index is 0.909. The van der Waals surface area contributed by atoms with Crippen molar-refractivity contribution in [1.82, 2.24) is 0 Å². The highest BCUT2D eigenvalue weighted by Gasteiger charge is 2.16. The van der Waals surface area contributed by atoms with Gasteiger partial charge in [-0.3, -0.25) is 0 Å². The summed E-state index contributed by atoms with van der Waals surface area (Å²) in [6, 6.07) is 6.74. The largest absolute Gasteiger partial charge is 0.371 e. The van der Waals surface area contributed by atoms with Crippen molar-refractivity contribution < 1.29 is 0 Å². The minimum Gasteiger partial charge on any atom is -0.371 e. The number of benzene rings is 1. The second kappa shape index (κ2) is 6.95. The molecule has 0 aliphatic carbocycles. The molecule has 1 atom stereocenters. The molecular weight excluding hydrogens is 354 g/mol. The normalized spacial score (nSPS) is 20.8. The molecule has 100 valence electrons. The van der Waals surface area contributed by atoms with E-state index < -0.39 is 0 Å². The molecule has 1 heterocycles. The summed E-state index contributed by atoms with van der Waals surface area (Å²) in [4.78, 5) is 2.54. The summed E-state index contributed by atoms with van der Waals surface area (Å²) >= 11 is 7.18. The van der Waals surface area contributed by atoms with E-state index in [-0.39, 0.29) is 0 Å². The van der Waals surface area contributed by atoms with Crippen LogP contribution in [0.5, 0.6) is 0 Å². The van der Waals surface area contributed by atoms with Gasteiger partial charge in [-0.25, -0.2) is 0 Å². The van der Waals surface area contributed by atoms with E-state index in [1.165, 1.54) is 54.5 Å². The third-order valence-corrected chi connectivity index (χ3v) is 5.31. The first kappa shape index (κ1) is 14.4. The van der Waals surface area contributed by atoms with Gasteiger partial charge in [0.25, 0.3) is 0 Å². The topological polar surface area (TPSA) is 3.24 Å². The highest BCUT2D eigenvalue weighted by Crippen LogP contribution is 2.28. The average Bonchev–Trinajstić information content (AvgIpc) is 2.63. The van der Waals surface area contributed by atoms with Crippen molar-refractivity contribution in [3.8, 4) is 0 Å². The minimum atomic E-state index is 0.909. The zero-order chi connectivity index (χ0) is 13.0. The van der Waals surface area contributed by atoms with Crippen molar-refractivity contribution in [2.75, 3.05) is 18.0 Å². The summed E-state index contributed by atoms with van der Waals surface area (Å²) in [6.45, 7) is 4.73. The summed E-state index contributed by atoms with van der Waals surface area (Å²) < 4.78 is 1.22. The molecule has 0 N–H and O–H groups in total. The van der Waals surface area contributed by atoms with Crippen LogP contribution in [-0.2, 0) is 5.33 Å². The van der Waals surface area contributed by atoms with Crippen molar-refractivity contribution in [2.45, 2.75) is 37.9 Å². The van der Waals surface area contributed by atoms with Crippen molar-refractivity contribution in [2.24, 2.45) is 5.92 Å². The first-order chi connectivity index (χ1) is 8.74. The molecule has 1 saturated heterocycles. The highest BCUT2D eigenvalue weighted by molar-refractivity contribution is 9.10. The summed E-state index contributed by atoms with van der Waals surface area (Å²) in [5, 5.41) is 0.909. The number of hydrogen-bond acceptors (Lipinski definition) is 1. The van der Waals surface area contributed by atoms with E-state index in [1.54, 1.807) is 0 Å². The Kier molecular flexibility index (Phi) is 5.56. The molecule has 1 fully saturated rings. The molecule has 1 aliphatic heterocycles. The lowest BCUT2D eigenvalue weighted by Gasteiger charge is -2.23. The molecule has 1 unspecified atom stereocenters. The van der Waals surface area contributed by atoms with Crippen LogP contribution in [0.15, 0.2) is 22.7 Å². The first-order valence-electron chi connectivity index (χ1n) is 6.84. The maximum Gasteiger partial charge on any atom is 0.0377 e. The fourth-order valence-corrected chi connectivity index (χ4v) is 4.05. The molecule has 1 aliphatic rings. The Morgan fingerprint density at radius 1 is 1.28 bits per heavy atom. The number of hydrogen-bond donors (Lipinski definition) is 0.